The van der Waals surface area contributed by atoms with Gasteiger partial charge in [0, 0.05) is 31.6 Å². The molecule has 1 heterocycles. The van der Waals surface area contributed by atoms with Gasteiger partial charge < -0.3 is 4.90 Å². The van der Waals surface area contributed by atoms with E-state index >= 15 is 0 Å². The molecule has 1 aromatic carbocycles. The van der Waals surface area contributed by atoms with Crippen LogP contribution in [0.25, 0.3) is 0 Å². The minimum absolute atomic E-state index is 0.0299. The molecule has 6 nitrogen and oxygen atoms in total. The molecule has 22 heavy (non-hydrogen) atoms. The number of carbonyl (C=O) groups is 2. The van der Waals surface area contributed by atoms with E-state index < -0.39 is 10.0 Å². The molecule has 0 aromatic heterocycles. The van der Waals surface area contributed by atoms with Crippen molar-refractivity contribution in [3.63, 3.8) is 0 Å². The summed E-state index contributed by atoms with van der Waals surface area (Å²) in [6.45, 7) is 2.95. The van der Waals surface area contributed by atoms with E-state index in [1.165, 1.54) is 25.1 Å². The van der Waals surface area contributed by atoms with Gasteiger partial charge in [0.1, 0.15) is 0 Å². The van der Waals surface area contributed by atoms with Crippen LogP contribution in [-0.4, -0.2) is 44.6 Å². The molecule has 1 saturated heterocycles. The summed E-state index contributed by atoms with van der Waals surface area (Å²) in [6, 6.07) is 5.86. The second-order valence-electron chi connectivity index (χ2n) is 5.32. The quantitative estimate of drug-likeness (QED) is 0.797. The van der Waals surface area contributed by atoms with Crippen molar-refractivity contribution in [3.05, 3.63) is 29.8 Å². The Hall–Kier alpha value is -1.73. The number of nitrogens with one attached hydrogen (secondary N) is 1. The summed E-state index contributed by atoms with van der Waals surface area (Å²) in [5.74, 6) is -0.223. The highest BCUT2D eigenvalue weighted by Gasteiger charge is 2.19. The standard InChI is InChI=1S/C15H20N2O4S/c1-12(18)13-5-4-6-14(11-13)22(20,21)16-8-7-15(19)17-9-2-3-10-17/h4-6,11,16H,2-3,7-10H2,1H3. The first-order chi connectivity index (χ1) is 10.4. The van der Waals surface area contributed by atoms with Crippen molar-refractivity contribution in [3.8, 4) is 0 Å². The molecule has 1 aliphatic heterocycles. The maximum atomic E-state index is 12.2. The number of rotatable bonds is 6. The van der Waals surface area contributed by atoms with Crippen LogP contribution in [0.2, 0.25) is 0 Å². The smallest absolute Gasteiger partial charge is 0.240 e. The fraction of sp³-hybridized carbons (Fsp3) is 0.467. The van der Waals surface area contributed by atoms with Gasteiger partial charge in [-0.2, -0.15) is 0 Å². The summed E-state index contributed by atoms with van der Waals surface area (Å²) in [5, 5.41) is 0. The van der Waals surface area contributed by atoms with Crippen LogP contribution in [0.1, 0.15) is 36.5 Å². The number of Topliss-reactive ketones (excluding diaryl/α,β-unsaturated/α-hetero) is 1. The van der Waals surface area contributed by atoms with Crippen LogP contribution in [0, 0.1) is 0 Å². The Morgan fingerprint density at radius 2 is 1.91 bits per heavy atom. The van der Waals surface area contributed by atoms with Crippen LogP contribution in [0.3, 0.4) is 0 Å². The van der Waals surface area contributed by atoms with Gasteiger partial charge in [-0.25, -0.2) is 13.1 Å². The van der Waals surface area contributed by atoms with E-state index in [0.29, 0.717) is 5.56 Å². The van der Waals surface area contributed by atoms with Crippen molar-refractivity contribution < 1.29 is 18.0 Å². The molecule has 0 bridgehead atoms. The molecular weight excluding hydrogens is 304 g/mol. The number of hydrogen-bond acceptors (Lipinski definition) is 4. The lowest BCUT2D eigenvalue weighted by molar-refractivity contribution is -0.129. The highest BCUT2D eigenvalue weighted by Crippen LogP contribution is 2.12. The first-order valence-electron chi connectivity index (χ1n) is 7.28. The molecule has 0 spiro atoms. The Balaban J connectivity index is 1.94. The van der Waals surface area contributed by atoms with E-state index in [4.69, 9.17) is 0 Å². The third kappa shape index (κ3) is 4.14. The molecule has 1 aliphatic rings. The lowest BCUT2D eigenvalue weighted by Gasteiger charge is -2.15. The van der Waals surface area contributed by atoms with Gasteiger partial charge in [-0.1, -0.05) is 12.1 Å². The average molecular weight is 324 g/mol. The first-order valence-corrected chi connectivity index (χ1v) is 8.77. The third-order valence-electron chi connectivity index (χ3n) is 3.64. The minimum atomic E-state index is -3.71. The molecule has 2 rings (SSSR count). The summed E-state index contributed by atoms with van der Waals surface area (Å²) in [5.41, 5.74) is 0.344. The maximum Gasteiger partial charge on any atom is 0.240 e. The number of nitrogens with zero attached hydrogens (tertiary/aromatic N) is 1. The molecular formula is C15H20N2O4S. The Morgan fingerprint density at radius 1 is 1.23 bits per heavy atom. The van der Waals surface area contributed by atoms with E-state index in [1.54, 1.807) is 11.0 Å². The normalized spacial score (nSPS) is 15.0. The van der Waals surface area contributed by atoms with E-state index in [2.05, 4.69) is 4.72 Å². The van der Waals surface area contributed by atoms with Gasteiger partial charge in [0.05, 0.1) is 4.90 Å². The van der Waals surface area contributed by atoms with Crippen LogP contribution in [0.5, 0.6) is 0 Å². The molecule has 0 aliphatic carbocycles. The van der Waals surface area contributed by atoms with Gasteiger partial charge in [-0.3, -0.25) is 9.59 Å². The number of amides is 1. The van der Waals surface area contributed by atoms with E-state index in [-0.39, 0.29) is 29.6 Å². The van der Waals surface area contributed by atoms with Crippen LogP contribution in [0.15, 0.2) is 29.2 Å². The van der Waals surface area contributed by atoms with E-state index in [0.717, 1.165) is 25.9 Å². The first kappa shape index (κ1) is 16.6. The maximum absolute atomic E-state index is 12.2. The molecule has 0 atom stereocenters. The molecule has 0 saturated carbocycles. The predicted molar refractivity (Wildman–Crippen MR) is 82.1 cm³/mol. The predicted octanol–water partition coefficient (Wildman–Crippen LogP) is 1.18. The summed E-state index contributed by atoms with van der Waals surface area (Å²) < 4.78 is 26.7. The second kappa shape index (κ2) is 7.02. The van der Waals surface area contributed by atoms with Gasteiger partial charge in [-0.15, -0.1) is 0 Å². The van der Waals surface area contributed by atoms with Crippen LogP contribution >= 0.6 is 0 Å². The Bertz CT molecular complexity index is 664. The molecule has 1 aromatic rings. The van der Waals surface area contributed by atoms with Crippen LogP contribution in [-0.2, 0) is 14.8 Å². The topological polar surface area (TPSA) is 83.5 Å². The molecule has 1 fully saturated rings. The van der Waals surface area contributed by atoms with Crippen molar-refractivity contribution in [2.24, 2.45) is 0 Å². The van der Waals surface area contributed by atoms with Crippen molar-refractivity contribution in [1.29, 1.82) is 0 Å². The highest BCUT2D eigenvalue weighted by molar-refractivity contribution is 7.89. The van der Waals surface area contributed by atoms with Crippen LogP contribution < -0.4 is 4.72 Å². The van der Waals surface area contributed by atoms with Gasteiger partial charge in [0.2, 0.25) is 15.9 Å². The number of likely N-dealkylation sites (tertiary alicyclic amines) is 1. The second-order valence-corrected chi connectivity index (χ2v) is 7.09. The number of sulfonamides is 1. The Kier molecular flexibility index (Phi) is 5.31. The van der Waals surface area contributed by atoms with Crippen molar-refractivity contribution in [2.45, 2.75) is 31.1 Å². The molecule has 1 N–H and O–H groups in total. The Morgan fingerprint density at radius 3 is 2.55 bits per heavy atom. The molecule has 0 unspecified atom stereocenters. The molecule has 120 valence electrons. The monoisotopic (exact) mass is 324 g/mol. The van der Waals surface area contributed by atoms with E-state index in [9.17, 15) is 18.0 Å². The van der Waals surface area contributed by atoms with Gasteiger partial charge in [0.15, 0.2) is 5.78 Å². The van der Waals surface area contributed by atoms with E-state index in [1.807, 2.05) is 0 Å². The average Bonchev–Trinajstić information content (AvgIpc) is 3.01. The zero-order valence-corrected chi connectivity index (χ0v) is 13.4. The Labute approximate surface area is 130 Å². The van der Waals surface area contributed by atoms with Crippen LogP contribution in [0.4, 0.5) is 0 Å². The number of ketones is 1. The van der Waals surface area contributed by atoms with Gasteiger partial charge in [0.25, 0.3) is 0 Å². The summed E-state index contributed by atoms with van der Waals surface area (Å²) in [7, 11) is -3.71. The minimum Gasteiger partial charge on any atom is -0.343 e. The van der Waals surface area contributed by atoms with Crippen molar-refractivity contribution in [2.75, 3.05) is 19.6 Å². The molecule has 7 heteroatoms. The summed E-state index contributed by atoms with van der Waals surface area (Å²) in [6.07, 6.45) is 2.16. The van der Waals surface area contributed by atoms with Crippen molar-refractivity contribution >= 4 is 21.7 Å². The third-order valence-corrected chi connectivity index (χ3v) is 5.10. The van der Waals surface area contributed by atoms with Crippen molar-refractivity contribution in [1.82, 2.24) is 9.62 Å². The lowest BCUT2D eigenvalue weighted by atomic mass is 10.2. The SMILES string of the molecule is CC(=O)c1cccc(S(=O)(=O)NCCC(=O)N2CCCC2)c1. The lowest BCUT2D eigenvalue weighted by Crippen LogP contribution is -2.32. The zero-order chi connectivity index (χ0) is 16.2. The molecule has 1 amide bonds. The number of carbonyl (C=O) groups excluding carboxylic acids is 2. The largest absolute Gasteiger partial charge is 0.343 e. The number of benzene rings is 1. The fourth-order valence-corrected chi connectivity index (χ4v) is 3.46. The zero-order valence-electron chi connectivity index (χ0n) is 12.5. The van der Waals surface area contributed by atoms with Gasteiger partial charge >= 0.3 is 0 Å². The fourth-order valence-electron chi connectivity index (χ4n) is 2.38. The summed E-state index contributed by atoms with van der Waals surface area (Å²) >= 11 is 0. The molecule has 0 radical (unpaired) electrons. The highest BCUT2D eigenvalue weighted by atomic mass is 32.2. The van der Waals surface area contributed by atoms with Gasteiger partial charge in [-0.05, 0) is 31.9 Å². The number of hydrogen-bond donors (Lipinski definition) is 1. The summed E-state index contributed by atoms with van der Waals surface area (Å²) in [4.78, 5) is 25.0.